The molecule has 2 aromatic heterocycles. The predicted molar refractivity (Wildman–Crippen MR) is 96.5 cm³/mol. The van der Waals surface area contributed by atoms with Gasteiger partial charge in [-0.3, -0.25) is 18.9 Å². The number of nitrogens with zero attached hydrogens (tertiary/aromatic N) is 5. The highest BCUT2D eigenvalue weighted by atomic mass is 16.1. The van der Waals surface area contributed by atoms with E-state index in [4.69, 9.17) is 5.10 Å². The lowest BCUT2D eigenvalue weighted by atomic mass is 9.96. The van der Waals surface area contributed by atoms with Gasteiger partial charge in [-0.15, -0.1) is 0 Å². The monoisotopic (exact) mass is 341 g/mol. The highest BCUT2D eigenvalue weighted by Crippen LogP contribution is 2.27. The van der Waals surface area contributed by atoms with Crippen LogP contribution in [0.3, 0.4) is 0 Å². The van der Waals surface area contributed by atoms with Crippen LogP contribution < -0.4 is 5.56 Å². The summed E-state index contributed by atoms with van der Waals surface area (Å²) < 4.78 is 3.87. The van der Waals surface area contributed by atoms with Crippen LogP contribution in [-0.4, -0.2) is 37.3 Å². The van der Waals surface area contributed by atoms with Gasteiger partial charge in [0, 0.05) is 31.9 Å². The number of likely N-dealkylation sites (tertiary alicyclic amines) is 1. The van der Waals surface area contributed by atoms with Crippen molar-refractivity contribution >= 4 is 0 Å². The Morgan fingerprint density at radius 2 is 2.04 bits per heavy atom. The molecule has 4 rings (SSSR count). The SMILES string of the molecule is Cc1cncn(CC2CCN(Cc3c4c(nn3C)CCC4)CC2)c1=O. The summed E-state index contributed by atoms with van der Waals surface area (Å²) in [4.78, 5) is 18.9. The number of piperidine rings is 1. The average Bonchev–Trinajstić information content (AvgIpc) is 3.16. The van der Waals surface area contributed by atoms with Crippen molar-refractivity contribution in [2.24, 2.45) is 13.0 Å². The molecule has 25 heavy (non-hydrogen) atoms. The third-order valence-corrected chi connectivity index (χ3v) is 5.81. The molecule has 0 atom stereocenters. The lowest BCUT2D eigenvalue weighted by Crippen LogP contribution is -2.36. The number of aromatic nitrogens is 4. The Morgan fingerprint density at radius 1 is 1.24 bits per heavy atom. The van der Waals surface area contributed by atoms with E-state index in [0.717, 1.165) is 51.0 Å². The Hall–Kier alpha value is -1.95. The Labute approximate surface area is 148 Å². The summed E-state index contributed by atoms with van der Waals surface area (Å²) in [5.74, 6) is 0.565. The molecule has 1 fully saturated rings. The van der Waals surface area contributed by atoms with Crippen LogP contribution in [0.4, 0.5) is 0 Å². The number of aryl methyl sites for hydroxylation is 3. The van der Waals surface area contributed by atoms with Crippen LogP contribution in [0.2, 0.25) is 0 Å². The van der Waals surface area contributed by atoms with Gasteiger partial charge in [0.05, 0.1) is 17.7 Å². The first-order valence-corrected chi connectivity index (χ1v) is 9.39. The number of hydrogen-bond acceptors (Lipinski definition) is 4. The fraction of sp³-hybridized carbons (Fsp3) is 0.632. The highest BCUT2D eigenvalue weighted by molar-refractivity contribution is 5.30. The van der Waals surface area contributed by atoms with Crippen molar-refractivity contribution in [2.75, 3.05) is 13.1 Å². The van der Waals surface area contributed by atoms with Crippen LogP contribution in [0.15, 0.2) is 17.3 Å². The van der Waals surface area contributed by atoms with Crippen LogP contribution in [0.5, 0.6) is 0 Å². The second-order valence-electron chi connectivity index (χ2n) is 7.60. The molecule has 2 aromatic rings. The molecule has 134 valence electrons. The smallest absolute Gasteiger partial charge is 0.256 e. The first-order valence-electron chi connectivity index (χ1n) is 9.39. The van der Waals surface area contributed by atoms with Gasteiger partial charge in [-0.2, -0.15) is 5.10 Å². The van der Waals surface area contributed by atoms with Crippen molar-refractivity contribution in [1.82, 2.24) is 24.2 Å². The van der Waals surface area contributed by atoms with Gasteiger partial charge in [-0.05, 0) is 63.6 Å². The molecule has 0 aromatic carbocycles. The molecular formula is C19H27N5O. The minimum atomic E-state index is 0.0999. The zero-order valence-electron chi connectivity index (χ0n) is 15.2. The maximum Gasteiger partial charge on any atom is 0.256 e. The number of rotatable bonds is 4. The molecule has 1 aliphatic carbocycles. The maximum atomic E-state index is 12.2. The fourth-order valence-electron chi connectivity index (χ4n) is 4.29. The normalized spacial score (nSPS) is 18.6. The van der Waals surface area contributed by atoms with Gasteiger partial charge in [0.1, 0.15) is 0 Å². The van der Waals surface area contributed by atoms with E-state index in [-0.39, 0.29) is 5.56 Å². The van der Waals surface area contributed by atoms with E-state index in [1.807, 2.05) is 6.92 Å². The van der Waals surface area contributed by atoms with E-state index in [1.165, 1.54) is 29.8 Å². The zero-order valence-corrected chi connectivity index (χ0v) is 15.2. The van der Waals surface area contributed by atoms with E-state index in [9.17, 15) is 4.79 Å². The van der Waals surface area contributed by atoms with Crippen molar-refractivity contribution in [1.29, 1.82) is 0 Å². The molecular weight excluding hydrogens is 314 g/mol. The van der Waals surface area contributed by atoms with Gasteiger partial charge in [0.15, 0.2) is 0 Å². The van der Waals surface area contributed by atoms with Crippen molar-refractivity contribution < 1.29 is 0 Å². The molecule has 0 N–H and O–H groups in total. The van der Waals surface area contributed by atoms with Gasteiger partial charge < -0.3 is 0 Å². The van der Waals surface area contributed by atoms with Crippen LogP contribution in [0.1, 0.15) is 41.8 Å². The summed E-state index contributed by atoms with van der Waals surface area (Å²) in [6.07, 6.45) is 9.20. The molecule has 6 nitrogen and oxygen atoms in total. The van der Waals surface area contributed by atoms with Gasteiger partial charge in [0.2, 0.25) is 0 Å². The molecule has 3 heterocycles. The lowest BCUT2D eigenvalue weighted by molar-refractivity contribution is 0.162. The zero-order chi connectivity index (χ0) is 17.4. The highest BCUT2D eigenvalue weighted by Gasteiger charge is 2.25. The van der Waals surface area contributed by atoms with Crippen molar-refractivity contribution in [3.8, 4) is 0 Å². The van der Waals surface area contributed by atoms with Crippen molar-refractivity contribution in [2.45, 2.75) is 52.1 Å². The number of hydrogen-bond donors (Lipinski definition) is 0. The quantitative estimate of drug-likeness (QED) is 0.849. The maximum absolute atomic E-state index is 12.2. The molecule has 6 heteroatoms. The van der Waals surface area contributed by atoms with E-state index in [1.54, 1.807) is 17.1 Å². The Morgan fingerprint density at radius 3 is 2.84 bits per heavy atom. The first kappa shape index (κ1) is 16.5. The fourth-order valence-corrected chi connectivity index (χ4v) is 4.29. The standard InChI is InChI=1S/C19H27N5O/c1-14-10-20-13-24(19(14)25)11-15-6-8-23(9-7-15)12-18-16-4-3-5-17(16)21-22(18)2/h10,13,15H,3-9,11-12H2,1-2H3. The summed E-state index contributed by atoms with van der Waals surface area (Å²) in [6, 6.07) is 0. The molecule has 0 bridgehead atoms. The van der Waals surface area contributed by atoms with Gasteiger partial charge in [-0.1, -0.05) is 0 Å². The third-order valence-electron chi connectivity index (χ3n) is 5.81. The Bertz CT molecular complexity index is 814. The van der Waals surface area contributed by atoms with Crippen molar-refractivity contribution in [3.05, 3.63) is 45.4 Å². The molecule has 0 unspecified atom stereocenters. The third kappa shape index (κ3) is 3.27. The minimum Gasteiger partial charge on any atom is -0.299 e. The summed E-state index contributed by atoms with van der Waals surface area (Å²) in [6.45, 7) is 5.83. The Balaban J connectivity index is 1.36. The molecule has 0 radical (unpaired) electrons. The van der Waals surface area contributed by atoms with E-state index in [0.29, 0.717) is 5.92 Å². The van der Waals surface area contributed by atoms with Crippen LogP contribution in [-0.2, 0) is 33.0 Å². The van der Waals surface area contributed by atoms with Crippen LogP contribution in [0.25, 0.3) is 0 Å². The van der Waals surface area contributed by atoms with Gasteiger partial charge in [0.25, 0.3) is 5.56 Å². The molecule has 2 aliphatic rings. The molecule has 0 spiro atoms. The average molecular weight is 341 g/mol. The molecule has 1 aliphatic heterocycles. The van der Waals surface area contributed by atoms with Crippen LogP contribution >= 0.6 is 0 Å². The van der Waals surface area contributed by atoms with E-state index < -0.39 is 0 Å². The van der Waals surface area contributed by atoms with E-state index >= 15 is 0 Å². The lowest BCUT2D eigenvalue weighted by Gasteiger charge is -2.32. The first-order chi connectivity index (χ1) is 12.1. The molecule has 0 amide bonds. The second kappa shape index (κ2) is 6.75. The predicted octanol–water partition coefficient (Wildman–Crippen LogP) is 1.69. The largest absolute Gasteiger partial charge is 0.299 e. The van der Waals surface area contributed by atoms with E-state index in [2.05, 4.69) is 21.6 Å². The summed E-state index contributed by atoms with van der Waals surface area (Å²) in [7, 11) is 2.08. The summed E-state index contributed by atoms with van der Waals surface area (Å²) >= 11 is 0. The summed E-state index contributed by atoms with van der Waals surface area (Å²) in [5, 5.41) is 4.69. The summed E-state index contributed by atoms with van der Waals surface area (Å²) in [5.41, 5.74) is 5.05. The van der Waals surface area contributed by atoms with Gasteiger partial charge >= 0.3 is 0 Å². The Kier molecular flexibility index (Phi) is 4.46. The van der Waals surface area contributed by atoms with Gasteiger partial charge in [-0.25, -0.2) is 4.98 Å². The number of fused-ring (bicyclic) bond motifs is 1. The molecule has 1 saturated heterocycles. The second-order valence-corrected chi connectivity index (χ2v) is 7.60. The van der Waals surface area contributed by atoms with Crippen molar-refractivity contribution in [3.63, 3.8) is 0 Å². The minimum absolute atomic E-state index is 0.0999. The van der Waals surface area contributed by atoms with Crippen LogP contribution in [0, 0.1) is 12.8 Å². The topological polar surface area (TPSA) is 56.0 Å². The molecule has 0 saturated carbocycles.